The van der Waals surface area contributed by atoms with Gasteiger partial charge in [0, 0.05) is 29.6 Å². The number of para-hydroxylation sites is 1. The predicted molar refractivity (Wildman–Crippen MR) is 73.8 cm³/mol. The Bertz CT molecular complexity index is 585. The largest absolute Gasteiger partial charge is 0.393 e. The number of aliphatic hydroxyl groups is 1. The van der Waals surface area contributed by atoms with Crippen LogP contribution in [0.3, 0.4) is 0 Å². The van der Waals surface area contributed by atoms with Gasteiger partial charge in [-0.15, -0.1) is 0 Å². The summed E-state index contributed by atoms with van der Waals surface area (Å²) in [6, 6.07) is 8.29. The number of aryl methyl sites for hydroxylation is 1. The number of aliphatic hydroxyl groups excluding tert-OH is 1. The first kappa shape index (κ1) is 12.2. The second kappa shape index (κ2) is 5.05. The summed E-state index contributed by atoms with van der Waals surface area (Å²) in [5, 5.41) is 13.3. The smallest absolute Gasteiger partial charge is 0.220 e. The zero-order valence-corrected chi connectivity index (χ0v) is 10.7. The van der Waals surface area contributed by atoms with Crippen molar-refractivity contribution in [3.63, 3.8) is 0 Å². The molecule has 0 bridgehead atoms. The number of nitrogens with one attached hydrogen (secondary N) is 2. The van der Waals surface area contributed by atoms with Gasteiger partial charge >= 0.3 is 0 Å². The van der Waals surface area contributed by atoms with E-state index in [2.05, 4.69) is 16.4 Å². The second-order valence-electron chi connectivity index (χ2n) is 5.25. The third-order valence-electron chi connectivity index (χ3n) is 3.77. The molecule has 0 saturated heterocycles. The van der Waals surface area contributed by atoms with Crippen molar-refractivity contribution in [1.29, 1.82) is 0 Å². The topological polar surface area (TPSA) is 65.1 Å². The van der Waals surface area contributed by atoms with Crippen molar-refractivity contribution < 1.29 is 9.90 Å². The molecule has 100 valence electrons. The van der Waals surface area contributed by atoms with Crippen LogP contribution in [0.5, 0.6) is 0 Å². The van der Waals surface area contributed by atoms with Gasteiger partial charge in [0.25, 0.3) is 0 Å². The van der Waals surface area contributed by atoms with Gasteiger partial charge in [0.05, 0.1) is 6.10 Å². The molecule has 4 heteroatoms. The minimum atomic E-state index is -0.223. The highest BCUT2D eigenvalue weighted by atomic mass is 16.3. The maximum absolute atomic E-state index is 11.8. The van der Waals surface area contributed by atoms with E-state index < -0.39 is 0 Å². The van der Waals surface area contributed by atoms with Crippen LogP contribution in [-0.2, 0) is 11.2 Å². The summed E-state index contributed by atoms with van der Waals surface area (Å²) in [6.07, 6.45) is 4.38. The fourth-order valence-electron chi connectivity index (χ4n) is 2.59. The highest BCUT2D eigenvalue weighted by Gasteiger charge is 2.28. The summed E-state index contributed by atoms with van der Waals surface area (Å²) < 4.78 is 0. The molecule has 1 aliphatic carbocycles. The average Bonchev–Trinajstić information content (AvgIpc) is 2.78. The molecule has 4 nitrogen and oxygen atoms in total. The predicted octanol–water partition coefficient (Wildman–Crippen LogP) is 1.74. The van der Waals surface area contributed by atoms with Crippen LogP contribution >= 0.6 is 0 Å². The number of amides is 1. The first-order valence-electron chi connectivity index (χ1n) is 6.75. The molecule has 3 N–H and O–H groups in total. The Kier molecular flexibility index (Phi) is 3.25. The summed E-state index contributed by atoms with van der Waals surface area (Å²) in [6.45, 7) is 0. The molecule has 1 aliphatic rings. The van der Waals surface area contributed by atoms with Crippen molar-refractivity contribution in [2.75, 3.05) is 0 Å². The molecule has 1 heterocycles. The molecule has 19 heavy (non-hydrogen) atoms. The standard InChI is InChI=1S/C15H18N2O2/c18-12-7-11(8-12)17-15(19)6-5-10-9-16-14-4-2-1-3-13(10)14/h1-4,9,11-12,16,18H,5-8H2,(H,17,19). The lowest BCUT2D eigenvalue weighted by atomic mass is 9.89. The van der Waals surface area contributed by atoms with Crippen molar-refractivity contribution in [1.82, 2.24) is 10.3 Å². The molecule has 1 aromatic carbocycles. The number of H-pyrrole nitrogens is 1. The molecule has 1 saturated carbocycles. The van der Waals surface area contributed by atoms with Gasteiger partial charge in [0.1, 0.15) is 0 Å². The van der Waals surface area contributed by atoms with Gasteiger partial charge < -0.3 is 15.4 Å². The van der Waals surface area contributed by atoms with Gasteiger partial charge in [-0.25, -0.2) is 0 Å². The van der Waals surface area contributed by atoms with Crippen molar-refractivity contribution in [2.45, 2.75) is 37.8 Å². The second-order valence-corrected chi connectivity index (χ2v) is 5.25. The monoisotopic (exact) mass is 258 g/mol. The molecule has 0 radical (unpaired) electrons. The normalized spacial score (nSPS) is 22.2. The maximum atomic E-state index is 11.8. The molecule has 0 aliphatic heterocycles. The van der Waals surface area contributed by atoms with Crippen LogP contribution < -0.4 is 5.32 Å². The van der Waals surface area contributed by atoms with Crippen molar-refractivity contribution in [3.05, 3.63) is 36.0 Å². The number of rotatable bonds is 4. The first-order chi connectivity index (χ1) is 9.22. The van der Waals surface area contributed by atoms with Crippen LogP contribution in [0, 0.1) is 0 Å². The molecule has 0 spiro atoms. The summed E-state index contributed by atoms with van der Waals surface area (Å²) in [4.78, 5) is 15.0. The minimum absolute atomic E-state index is 0.0715. The third-order valence-corrected chi connectivity index (χ3v) is 3.77. The van der Waals surface area contributed by atoms with E-state index in [1.165, 1.54) is 10.9 Å². The van der Waals surface area contributed by atoms with Gasteiger partial charge in [-0.05, 0) is 30.9 Å². The van der Waals surface area contributed by atoms with Crippen LogP contribution in [0.25, 0.3) is 10.9 Å². The highest BCUT2D eigenvalue weighted by Crippen LogP contribution is 2.21. The Morgan fingerprint density at radius 3 is 2.95 bits per heavy atom. The molecular formula is C15H18N2O2. The highest BCUT2D eigenvalue weighted by molar-refractivity contribution is 5.84. The van der Waals surface area contributed by atoms with Crippen LogP contribution in [0.15, 0.2) is 30.5 Å². The van der Waals surface area contributed by atoms with Crippen LogP contribution in [-0.4, -0.2) is 28.1 Å². The number of aromatic nitrogens is 1. The number of benzene rings is 1. The lowest BCUT2D eigenvalue weighted by molar-refractivity contribution is -0.123. The van der Waals surface area contributed by atoms with Crippen LogP contribution in [0.1, 0.15) is 24.8 Å². The lowest BCUT2D eigenvalue weighted by Gasteiger charge is -2.31. The van der Waals surface area contributed by atoms with Gasteiger partial charge in [-0.3, -0.25) is 4.79 Å². The fraction of sp³-hybridized carbons (Fsp3) is 0.400. The van der Waals surface area contributed by atoms with E-state index in [1.54, 1.807) is 0 Å². The number of carbonyl (C=O) groups is 1. The van der Waals surface area contributed by atoms with E-state index in [0.29, 0.717) is 19.3 Å². The molecule has 3 rings (SSSR count). The van der Waals surface area contributed by atoms with Crippen molar-refractivity contribution in [3.8, 4) is 0 Å². The van der Waals surface area contributed by atoms with E-state index in [9.17, 15) is 9.90 Å². The molecule has 1 aromatic heterocycles. The summed E-state index contributed by atoms with van der Waals surface area (Å²) >= 11 is 0. The van der Waals surface area contributed by atoms with Gasteiger partial charge in [0.15, 0.2) is 0 Å². The Labute approximate surface area is 111 Å². The van der Waals surface area contributed by atoms with Crippen molar-refractivity contribution >= 4 is 16.8 Å². The summed E-state index contributed by atoms with van der Waals surface area (Å²) in [7, 11) is 0. The maximum Gasteiger partial charge on any atom is 0.220 e. The molecule has 2 aromatic rings. The van der Waals surface area contributed by atoms with Crippen LogP contribution in [0.2, 0.25) is 0 Å². The van der Waals surface area contributed by atoms with E-state index in [1.807, 2.05) is 24.4 Å². The Morgan fingerprint density at radius 2 is 2.16 bits per heavy atom. The third kappa shape index (κ3) is 2.63. The number of hydrogen-bond acceptors (Lipinski definition) is 2. The summed E-state index contributed by atoms with van der Waals surface area (Å²) in [5.41, 5.74) is 2.29. The van der Waals surface area contributed by atoms with Crippen LogP contribution in [0.4, 0.5) is 0 Å². The van der Waals surface area contributed by atoms with Crippen molar-refractivity contribution in [2.24, 2.45) is 0 Å². The van der Waals surface area contributed by atoms with E-state index in [4.69, 9.17) is 0 Å². The SMILES string of the molecule is O=C(CCc1c[nH]c2ccccc12)NC1CC(O)C1. The lowest BCUT2D eigenvalue weighted by Crippen LogP contribution is -2.46. The number of fused-ring (bicyclic) bond motifs is 1. The van der Waals surface area contributed by atoms with Gasteiger partial charge in [-0.2, -0.15) is 0 Å². The van der Waals surface area contributed by atoms with E-state index in [0.717, 1.165) is 11.9 Å². The molecule has 1 fully saturated rings. The summed E-state index contributed by atoms with van der Waals surface area (Å²) in [5.74, 6) is 0.0715. The zero-order chi connectivity index (χ0) is 13.2. The van der Waals surface area contributed by atoms with E-state index >= 15 is 0 Å². The molecular weight excluding hydrogens is 240 g/mol. The Hall–Kier alpha value is -1.81. The molecule has 0 atom stereocenters. The van der Waals surface area contributed by atoms with Gasteiger partial charge in [0.2, 0.25) is 5.91 Å². The first-order valence-corrected chi connectivity index (χ1v) is 6.75. The number of hydrogen-bond donors (Lipinski definition) is 3. The van der Waals surface area contributed by atoms with E-state index in [-0.39, 0.29) is 18.1 Å². The number of aromatic amines is 1. The van der Waals surface area contributed by atoms with Gasteiger partial charge in [-0.1, -0.05) is 18.2 Å². The zero-order valence-electron chi connectivity index (χ0n) is 10.7. The molecule has 1 amide bonds. The Morgan fingerprint density at radius 1 is 1.37 bits per heavy atom. The number of carbonyl (C=O) groups excluding carboxylic acids is 1. The Balaban J connectivity index is 1.55. The quantitative estimate of drug-likeness (QED) is 0.782. The average molecular weight is 258 g/mol. The fourth-order valence-corrected chi connectivity index (χ4v) is 2.59. The molecule has 0 unspecified atom stereocenters. The minimum Gasteiger partial charge on any atom is -0.393 e.